The topological polar surface area (TPSA) is 96.0 Å². The molecule has 4 aromatic rings. The summed E-state index contributed by atoms with van der Waals surface area (Å²) >= 11 is 3.45. The van der Waals surface area contributed by atoms with Gasteiger partial charge in [-0.15, -0.1) is 0 Å². The molecular weight excluding hydrogens is 666 g/mol. The van der Waals surface area contributed by atoms with E-state index in [0.717, 1.165) is 44.6 Å². The Balaban J connectivity index is 1.63. The van der Waals surface area contributed by atoms with Crippen molar-refractivity contribution in [3.63, 3.8) is 0 Å². The predicted octanol–water partition coefficient (Wildman–Crippen LogP) is 6.35. The van der Waals surface area contributed by atoms with E-state index in [1.807, 2.05) is 91.9 Å². The second-order valence-corrected chi connectivity index (χ2v) is 13.9. The second-order valence-electron chi connectivity index (χ2n) is 11.0. The van der Waals surface area contributed by atoms with E-state index in [4.69, 9.17) is 4.74 Å². The quantitative estimate of drug-likeness (QED) is 0.137. The molecule has 0 bridgehead atoms. The van der Waals surface area contributed by atoms with E-state index in [2.05, 4.69) is 21.2 Å². The summed E-state index contributed by atoms with van der Waals surface area (Å²) in [5, 5.41) is 2.99. The molecule has 4 aromatic carbocycles. The zero-order valence-electron chi connectivity index (χ0n) is 26.1. The Morgan fingerprint density at radius 3 is 2.02 bits per heavy atom. The first-order chi connectivity index (χ1) is 22.1. The van der Waals surface area contributed by atoms with Crippen LogP contribution in [0.4, 0.5) is 5.69 Å². The molecule has 0 aliphatic rings. The zero-order chi connectivity index (χ0) is 32.9. The molecule has 0 fully saturated rings. The number of amides is 2. The van der Waals surface area contributed by atoms with E-state index < -0.39 is 28.5 Å². The van der Waals surface area contributed by atoms with E-state index in [0.29, 0.717) is 24.6 Å². The molecule has 1 atom stereocenters. The van der Waals surface area contributed by atoms with Gasteiger partial charge in [0.2, 0.25) is 21.8 Å². The number of sulfonamides is 1. The van der Waals surface area contributed by atoms with Crippen molar-refractivity contribution in [2.75, 3.05) is 23.7 Å². The fourth-order valence-electron chi connectivity index (χ4n) is 4.91. The van der Waals surface area contributed by atoms with Gasteiger partial charge in [-0.25, -0.2) is 8.42 Å². The Hall–Kier alpha value is -4.15. The lowest BCUT2D eigenvalue weighted by molar-refractivity contribution is -0.140. The maximum atomic E-state index is 14.2. The molecule has 0 saturated heterocycles. The van der Waals surface area contributed by atoms with Gasteiger partial charge >= 0.3 is 0 Å². The molecular formula is C36H40BrN3O5S. The number of nitrogens with zero attached hydrogens (tertiary/aromatic N) is 2. The number of ether oxygens (including phenoxy) is 1. The number of hydrogen-bond acceptors (Lipinski definition) is 5. The molecule has 2 amide bonds. The summed E-state index contributed by atoms with van der Waals surface area (Å²) in [4.78, 5) is 29.4. The van der Waals surface area contributed by atoms with Crippen molar-refractivity contribution in [3.05, 3.63) is 130 Å². The first kappa shape index (κ1) is 34.7. The van der Waals surface area contributed by atoms with E-state index in [1.165, 1.54) is 4.90 Å². The van der Waals surface area contributed by atoms with Gasteiger partial charge in [0, 0.05) is 24.0 Å². The molecule has 0 heterocycles. The monoisotopic (exact) mass is 705 g/mol. The molecule has 4 rings (SSSR count). The Labute approximate surface area is 280 Å². The van der Waals surface area contributed by atoms with Crippen molar-refractivity contribution in [1.29, 1.82) is 0 Å². The third kappa shape index (κ3) is 10.5. The molecule has 8 nitrogen and oxygen atoms in total. The van der Waals surface area contributed by atoms with E-state index in [-0.39, 0.29) is 18.9 Å². The second kappa shape index (κ2) is 17.0. The van der Waals surface area contributed by atoms with Crippen LogP contribution in [0.2, 0.25) is 0 Å². The number of unbranched alkanes of at least 4 members (excludes halogenated alkanes) is 1. The van der Waals surface area contributed by atoms with Gasteiger partial charge in [0.15, 0.2) is 0 Å². The third-order valence-electron chi connectivity index (χ3n) is 7.42. The van der Waals surface area contributed by atoms with E-state index in [1.54, 1.807) is 24.3 Å². The highest BCUT2D eigenvalue weighted by molar-refractivity contribution is 9.10. The molecule has 242 valence electrons. The molecule has 0 aliphatic heterocycles. The Kier molecular flexibility index (Phi) is 12.8. The van der Waals surface area contributed by atoms with Crippen LogP contribution in [0.5, 0.6) is 5.75 Å². The number of benzene rings is 4. The SMILES string of the molecule is CCCCNC(=O)[C@@H](Cc1ccccc1)N(Cc1ccc(Br)cc1)C(=O)CN(c1ccc(OCc2ccccc2)cc1)S(C)(=O)=O. The van der Waals surface area contributed by atoms with Gasteiger partial charge in [0.25, 0.3) is 0 Å². The smallest absolute Gasteiger partial charge is 0.244 e. The van der Waals surface area contributed by atoms with Gasteiger partial charge in [0.1, 0.15) is 24.9 Å². The minimum atomic E-state index is -3.88. The Morgan fingerprint density at radius 2 is 1.43 bits per heavy atom. The molecule has 0 saturated carbocycles. The van der Waals surface area contributed by atoms with Crippen LogP contribution >= 0.6 is 15.9 Å². The van der Waals surface area contributed by atoms with Crippen LogP contribution < -0.4 is 14.4 Å². The van der Waals surface area contributed by atoms with Crippen LogP contribution in [0.3, 0.4) is 0 Å². The van der Waals surface area contributed by atoms with Crippen LogP contribution in [0.25, 0.3) is 0 Å². The van der Waals surface area contributed by atoms with Crippen molar-refractivity contribution < 1.29 is 22.7 Å². The first-order valence-corrected chi connectivity index (χ1v) is 17.9. The maximum absolute atomic E-state index is 14.2. The number of nitrogens with one attached hydrogen (secondary N) is 1. The fourth-order valence-corrected chi connectivity index (χ4v) is 6.02. The summed E-state index contributed by atoms with van der Waals surface area (Å²) in [5.41, 5.74) is 3.02. The summed E-state index contributed by atoms with van der Waals surface area (Å²) in [6.07, 6.45) is 3.05. The number of carbonyl (C=O) groups is 2. The van der Waals surface area contributed by atoms with Gasteiger partial charge in [-0.2, -0.15) is 0 Å². The van der Waals surface area contributed by atoms with E-state index in [9.17, 15) is 18.0 Å². The first-order valence-electron chi connectivity index (χ1n) is 15.2. The molecule has 0 unspecified atom stereocenters. The largest absolute Gasteiger partial charge is 0.489 e. The van der Waals surface area contributed by atoms with Crippen molar-refractivity contribution >= 4 is 43.5 Å². The average molecular weight is 707 g/mol. The lowest BCUT2D eigenvalue weighted by Gasteiger charge is -2.33. The number of rotatable bonds is 16. The summed E-state index contributed by atoms with van der Waals surface area (Å²) in [6, 6.07) is 32.4. The number of anilines is 1. The summed E-state index contributed by atoms with van der Waals surface area (Å²) in [7, 11) is -3.88. The molecule has 10 heteroatoms. The maximum Gasteiger partial charge on any atom is 0.244 e. The van der Waals surface area contributed by atoms with E-state index >= 15 is 0 Å². The van der Waals surface area contributed by atoms with Gasteiger partial charge in [0.05, 0.1) is 11.9 Å². The normalized spacial score (nSPS) is 11.8. The standard InChI is InChI=1S/C36H40BrN3O5S/c1-3-4-23-38-36(42)34(24-28-11-7-5-8-12-28)39(25-29-15-17-31(37)18-16-29)35(41)26-40(46(2,43)44)32-19-21-33(22-20-32)45-27-30-13-9-6-10-14-30/h5-22,34H,3-4,23-27H2,1-2H3,(H,38,42)/t34-/m1/s1. The summed E-state index contributed by atoms with van der Waals surface area (Å²) in [5.74, 6) is -0.214. The Morgan fingerprint density at radius 1 is 0.826 bits per heavy atom. The predicted molar refractivity (Wildman–Crippen MR) is 186 cm³/mol. The molecule has 0 aromatic heterocycles. The molecule has 0 radical (unpaired) electrons. The minimum Gasteiger partial charge on any atom is -0.489 e. The highest BCUT2D eigenvalue weighted by Crippen LogP contribution is 2.24. The van der Waals surface area contributed by atoms with Crippen molar-refractivity contribution in [2.45, 2.75) is 45.4 Å². The van der Waals surface area contributed by atoms with Crippen molar-refractivity contribution in [3.8, 4) is 5.75 Å². The highest BCUT2D eigenvalue weighted by Gasteiger charge is 2.33. The van der Waals surface area contributed by atoms with Crippen molar-refractivity contribution in [1.82, 2.24) is 10.2 Å². The number of carbonyl (C=O) groups excluding carboxylic acids is 2. The Bertz CT molecular complexity index is 1650. The molecule has 46 heavy (non-hydrogen) atoms. The average Bonchev–Trinajstić information content (AvgIpc) is 3.06. The zero-order valence-corrected chi connectivity index (χ0v) is 28.5. The van der Waals surface area contributed by atoms with Crippen LogP contribution in [-0.2, 0) is 39.2 Å². The van der Waals surface area contributed by atoms with Crippen molar-refractivity contribution in [2.24, 2.45) is 0 Å². The van der Waals surface area contributed by atoms with Gasteiger partial charge in [-0.3, -0.25) is 13.9 Å². The lowest BCUT2D eigenvalue weighted by Crippen LogP contribution is -2.53. The summed E-state index contributed by atoms with van der Waals surface area (Å²) in [6.45, 7) is 2.53. The minimum absolute atomic E-state index is 0.120. The van der Waals surface area contributed by atoms with Crippen LogP contribution in [0, 0.1) is 0 Å². The van der Waals surface area contributed by atoms with Gasteiger partial charge in [-0.1, -0.05) is 102 Å². The highest BCUT2D eigenvalue weighted by atomic mass is 79.9. The van der Waals surface area contributed by atoms with Gasteiger partial charge < -0.3 is 15.0 Å². The fraction of sp³-hybridized carbons (Fsp3) is 0.278. The molecule has 1 N–H and O–H groups in total. The lowest BCUT2D eigenvalue weighted by atomic mass is 10.0. The van der Waals surface area contributed by atoms with Crippen LogP contribution in [0.1, 0.15) is 36.5 Å². The third-order valence-corrected chi connectivity index (χ3v) is 9.09. The van der Waals surface area contributed by atoms with Crippen LogP contribution in [-0.4, -0.2) is 50.5 Å². The number of hydrogen-bond donors (Lipinski definition) is 1. The molecule has 0 aliphatic carbocycles. The number of halogens is 1. The van der Waals surface area contributed by atoms with Gasteiger partial charge in [-0.05, 0) is 59.5 Å². The summed E-state index contributed by atoms with van der Waals surface area (Å²) < 4.78 is 34.0. The van der Waals surface area contributed by atoms with Crippen LogP contribution in [0.15, 0.2) is 114 Å². The molecule has 0 spiro atoms.